The van der Waals surface area contributed by atoms with Gasteiger partial charge in [0.2, 0.25) is 0 Å². The van der Waals surface area contributed by atoms with Crippen molar-refractivity contribution in [2.45, 2.75) is 12.7 Å². The lowest BCUT2D eigenvalue weighted by atomic mass is 10.2. The monoisotopic (exact) mass is 366 g/mol. The molecule has 2 rings (SSSR count). The van der Waals surface area contributed by atoms with Crippen LogP contribution in [0.25, 0.3) is 0 Å². The molecule has 2 aromatic carbocycles. The number of rotatable bonds is 6. The minimum Gasteiger partial charge on any atom is -0.528 e. The molecule has 0 N–H and O–H groups in total. The minimum atomic E-state index is -4.84. The van der Waals surface area contributed by atoms with E-state index in [9.17, 15) is 26.3 Å². The summed E-state index contributed by atoms with van der Waals surface area (Å²) in [5.74, 6) is -0.926. The van der Waals surface area contributed by atoms with Crippen LogP contribution >= 0.6 is 0 Å². The standard InChI is InChI=1S/C14H9BF6O4/c16-13(17,18)22-9-3-1-5-11(7-9)24-15-25-12-6-2-4-10(8-12)23-14(19,20)21/h1-8,15H. The van der Waals surface area contributed by atoms with Crippen LogP contribution in [-0.4, -0.2) is 20.4 Å². The first-order valence-corrected chi connectivity index (χ1v) is 6.58. The molecule has 11 heteroatoms. The average Bonchev–Trinajstić information content (AvgIpc) is 2.44. The molecule has 0 saturated heterocycles. The van der Waals surface area contributed by atoms with Crippen LogP contribution < -0.4 is 18.8 Å². The molecule has 0 bridgehead atoms. The van der Waals surface area contributed by atoms with Crippen molar-refractivity contribution < 1.29 is 45.1 Å². The van der Waals surface area contributed by atoms with Gasteiger partial charge in [-0.2, -0.15) is 0 Å². The third-order valence-electron chi connectivity index (χ3n) is 2.53. The Bertz CT molecular complexity index is 645. The molecule has 0 aliphatic heterocycles. The van der Waals surface area contributed by atoms with Crippen LogP contribution in [0.15, 0.2) is 48.5 Å². The number of halogens is 6. The van der Waals surface area contributed by atoms with Gasteiger partial charge in [0.25, 0.3) is 0 Å². The van der Waals surface area contributed by atoms with E-state index in [1.165, 1.54) is 24.3 Å². The summed E-state index contributed by atoms with van der Waals surface area (Å²) in [5.41, 5.74) is 0. The number of benzene rings is 2. The summed E-state index contributed by atoms with van der Waals surface area (Å²) in [6.07, 6.45) is -9.68. The molecule has 0 saturated carbocycles. The normalized spacial score (nSPS) is 11.6. The van der Waals surface area contributed by atoms with Gasteiger partial charge in [-0.3, -0.25) is 0 Å². The first kappa shape index (κ1) is 18.6. The van der Waals surface area contributed by atoms with Gasteiger partial charge in [-0.05, 0) is 24.3 Å². The van der Waals surface area contributed by atoms with E-state index in [-0.39, 0.29) is 11.5 Å². The Hall–Kier alpha value is -2.72. The van der Waals surface area contributed by atoms with Gasteiger partial charge < -0.3 is 18.8 Å². The van der Waals surface area contributed by atoms with E-state index in [0.29, 0.717) is 0 Å². The highest BCUT2D eigenvalue weighted by Crippen LogP contribution is 2.27. The van der Waals surface area contributed by atoms with Crippen LogP contribution in [-0.2, 0) is 0 Å². The van der Waals surface area contributed by atoms with Crippen molar-refractivity contribution in [1.29, 1.82) is 0 Å². The van der Waals surface area contributed by atoms with E-state index in [4.69, 9.17) is 9.31 Å². The molecule has 0 radical (unpaired) electrons. The number of hydrogen-bond acceptors (Lipinski definition) is 4. The summed E-state index contributed by atoms with van der Waals surface area (Å²) in [7, 11) is -0.453. The van der Waals surface area contributed by atoms with E-state index in [0.717, 1.165) is 24.3 Å². The fraction of sp³-hybridized carbons (Fsp3) is 0.143. The highest BCUT2D eigenvalue weighted by Gasteiger charge is 2.31. The third-order valence-corrected chi connectivity index (χ3v) is 2.53. The molecule has 0 spiro atoms. The predicted molar refractivity (Wildman–Crippen MR) is 74.7 cm³/mol. The van der Waals surface area contributed by atoms with Gasteiger partial charge in [0.1, 0.15) is 23.0 Å². The van der Waals surface area contributed by atoms with E-state index >= 15 is 0 Å². The smallest absolute Gasteiger partial charge is 0.528 e. The van der Waals surface area contributed by atoms with Crippen molar-refractivity contribution in [2.75, 3.05) is 0 Å². The average molecular weight is 366 g/mol. The lowest BCUT2D eigenvalue weighted by Gasteiger charge is -2.12. The van der Waals surface area contributed by atoms with Gasteiger partial charge in [0, 0.05) is 12.1 Å². The Morgan fingerprint density at radius 3 is 1.32 bits per heavy atom. The van der Waals surface area contributed by atoms with E-state index < -0.39 is 31.9 Å². The van der Waals surface area contributed by atoms with Gasteiger partial charge in [-0.15, -0.1) is 26.3 Å². The molecule has 134 valence electrons. The lowest BCUT2D eigenvalue weighted by molar-refractivity contribution is -0.275. The summed E-state index contributed by atoms with van der Waals surface area (Å²) in [4.78, 5) is 0. The molecule has 0 aliphatic rings. The second kappa shape index (κ2) is 7.45. The van der Waals surface area contributed by atoms with Crippen molar-refractivity contribution in [3.05, 3.63) is 48.5 Å². The Morgan fingerprint density at radius 2 is 0.960 bits per heavy atom. The van der Waals surface area contributed by atoms with Crippen molar-refractivity contribution >= 4 is 7.69 Å². The number of alkyl halides is 6. The van der Waals surface area contributed by atoms with Crippen LogP contribution in [0.5, 0.6) is 23.0 Å². The van der Waals surface area contributed by atoms with Gasteiger partial charge >= 0.3 is 20.4 Å². The molecule has 0 amide bonds. The summed E-state index contributed by atoms with van der Waals surface area (Å²) in [6.45, 7) is 0. The largest absolute Gasteiger partial charge is 0.576 e. The molecule has 2 aromatic rings. The first-order valence-electron chi connectivity index (χ1n) is 6.58. The maximum absolute atomic E-state index is 12.1. The highest BCUT2D eigenvalue weighted by molar-refractivity contribution is 6.20. The maximum atomic E-state index is 12.1. The minimum absolute atomic E-state index is 0.0180. The van der Waals surface area contributed by atoms with E-state index in [1.54, 1.807) is 0 Å². The van der Waals surface area contributed by atoms with Gasteiger partial charge in [-0.1, -0.05) is 12.1 Å². The Balaban J connectivity index is 1.91. The van der Waals surface area contributed by atoms with Crippen LogP contribution in [0.1, 0.15) is 0 Å². The quantitative estimate of drug-likeness (QED) is 0.567. The lowest BCUT2D eigenvalue weighted by Crippen LogP contribution is -2.17. The molecule has 4 nitrogen and oxygen atoms in total. The van der Waals surface area contributed by atoms with Crippen LogP contribution in [0.2, 0.25) is 0 Å². The van der Waals surface area contributed by atoms with Crippen molar-refractivity contribution in [2.24, 2.45) is 0 Å². The molecular weight excluding hydrogens is 357 g/mol. The molecule has 0 atom stereocenters. The molecule has 0 aliphatic carbocycles. The molecule has 25 heavy (non-hydrogen) atoms. The zero-order chi connectivity index (χ0) is 18.5. The molecule has 0 fully saturated rings. The van der Waals surface area contributed by atoms with Crippen molar-refractivity contribution in [3.63, 3.8) is 0 Å². The fourth-order valence-corrected chi connectivity index (χ4v) is 1.69. The SMILES string of the molecule is FC(F)(F)Oc1cccc(OBOc2cccc(OC(F)(F)F)c2)c1. The number of ether oxygens (including phenoxy) is 2. The zero-order valence-electron chi connectivity index (χ0n) is 12.2. The number of hydrogen-bond donors (Lipinski definition) is 0. The molecule has 0 aromatic heterocycles. The Morgan fingerprint density at radius 1 is 0.600 bits per heavy atom. The zero-order valence-corrected chi connectivity index (χ0v) is 12.2. The van der Waals surface area contributed by atoms with Gasteiger partial charge in [-0.25, -0.2) is 0 Å². The highest BCUT2D eigenvalue weighted by atomic mass is 19.4. The summed E-state index contributed by atoms with van der Waals surface area (Å²) >= 11 is 0. The maximum Gasteiger partial charge on any atom is 0.576 e. The van der Waals surface area contributed by atoms with Crippen LogP contribution in [0.3, 0.4) is 0 Å². The molecule has 0 unspecified atom stereocenters. The van der Waals surface area contributed by atoms with E-state index in [1.807, 2.05) is 0 Å². The topological polar surface area (TPSA) is 36.9 Å². The fourth-order valence-electron chi connectivity index (χ4n) is 1.69. The Kier molecular flexibility index (Phi) is 5.55. The van der Waals surface area contributed by atoms with Crippen LogP contribution in [0.4, 0.5) is 26.3 Å². The summed E-state index contributed by atoms with van der Waals surface area (Å²) in [5, 5.41) is 0. The van der Waals surface area contributed by atoms with Crippen LogP contribution in [0, 0.1) is 0 Å². The second-order valence-corrected chi connectivity index (χ2v) is 4.45. The predicted octanol–water partition coefficient (Wildman–Crippen LogP) is 4.21. The molecular formula is C14H9BF6O4. The molecule has 0 heterocycles. The Labute approximate surface area is 138 Å². The summed E-state index contributed by atoms with van der Waals surface area (Å²) in [6, 6.07) is 9.40. The van der Waals surface area contributed by atoms with Gasteiger partial charge in [0.15, 0.2) is 0 Å². The summed E-state index contributed by atoms with van der Waals surface area (Å²) < 4.78 is 90.3. The van der Waals surface area contributed by atoms with Crippen molar-refractivity contribution in [3.8, 4) is 23.0 Å². The first-order chi connectivity index (χ1) is 11.6. The van der Waals surface area contributed by atoms with Crippen molar-refractivity contribution in [1.82, 2.24) is 0 Å². The van der Waals surface area contributed by atoms with E-state index in [2.05, 4.69) is 9.47 Å². The third kappa shape index (κ3) is 7.15. The van der Waals surface area contributed by atoms with Gasteiger partial charge in [0.05, 0.1) is 0 Å². The second-order valence-electron chi connectivity index (χ2n) is 4.45.